The van der Waals surface area contributed by atoms with Crippen LogP contribution in [-0.2, 0) is 4.79 Å². The number of hydrogen-bond acceptors (Lipinski definition) is 4. The molecule has 1 amide bonds. The first kappa shape index (κ1) is 17.2. The molecule has 26 heavy (non-hydrogen) atoms. The van der Waals surface area contributed by atoms with Crippen LogP contribution in [0, 0.1) is 18.8 Å². The van der Waals surface area contributed by atoms with Gasteiger partial charge in [0.25, 0.3) is 5.91 Å². The zero-order valence-corrected chi connectivity index (χ0v) is 15.5. The number of amides is 1. The molecular weight excluding hydrogens is 350 g/mol. The molecular formula is C20H22ClN3O2. The van der Waals surface area contributed by atoms with E-state index in [1.165, 1.54) is 0 Å². The minimum absolute atomic E-state index is 0.0684. The zero-order valence-electron chi connectivity index (χ0n) is 14.8. The number of nitrogens with zero attached hydrogens (tertiary/aromatic N) is 3. The van der Waals surface area contributed by atoms with Gasteiger partial charge in [-0.3, -0.25) is 4.79 Å². The number of fused-ring (bicyclic) bond motifs is 1. The highest BCUT2D eigenvalue weighted by atomic mass is 35.5. The Hall–Kier alpha value is -2.27. The van der Waals surface area contributed by atoms with Crippen molar-refractivity contribution in [1.82, 2.24) is 9.88 Å². The van der Waals surface area contributed by atoms with Crippen LogP contribution >= 0.6 is 11.6 Å². The number of aryl methyl sites for hydroxylation is 1. The minimum atomic E-state index is 0.0684. The number of ether oxygens (including phenoxy) is 1. The highest BCUT2D eigenvalue weighted by Crippen LogP contribution is 2.33. The third-order valence-electron chi connectivity index (χ3n) is 5.32. The Labute approximate surface area is 158 Å². The molecule has 5 nitrogen and oxygen atoms in total. The molecule has 0 bridgehead atoms. The van der Waals surface area contributed by atoms with E-state index in [4.69, 9.17) is 16.3 Å². The first-order chi connectivity index (χ1) is 12.6. The molecule has 136 valence electrons. The van der Waals surface area contributed by atoms with Gasteiger partial charge in [0.2, 0.25) is 0 Å². The third kappa shape index (κ3) is 3.49. The largest absolute Gasteiger partial charge is 0.484 e. The molecule has 2 aliphatic rings. The van der Waals surface area contributed by atoms with Crippen molar-refractivity contribution in [1.29, 1.82) is 0 Å². The number of aromatic nitrogens is 1. The lowest BCUT2D eigenvalue weighted by Gasteiger charge is -2.22. The maximum absolute atomic E-state index is 12.5. The van der Waals surface area contributed by atoms with Crippen molar-refractivity contribution in [3.63, 3.8) is 0 Å². The predicted octanol–water partition coefficient (Wildman–Crippen LogP) is 3.02. The number of benzene rings is 1. The van der Waals surface area contributed by atoms with Crippen LogP contribution in [0.4, 0.5) is 5.82 Å². The topological polar surface area (TPSA) is 45.7 Å². The van der Waals surface area contributed by atoms with Crippen molar-refractivity contribution in [3.8, 4) is 5.75 Å². The van der Waals surface area contributed by atoms with Crippen molar-refractivity contribution in [2.24, 2.45) is 11.8 Å². The molecule has 3 heterocycles. The molecule has 2 aromatic rings. The molecule has 0 radical (unpaired) electrons. The van der Waals surface area contributed by atoms with Gasteiger partial charge in [0.15, 0.2) is 6.61 Å². The minimum Gasteiger partial charge on any atom is -0.484 e. The van der Waals surface area contributed by atoms with Gasteiger partial charge in [-0.2, -0.15) is 0 Å². The quantitative estimate of drug-likeness (QED) is 0.828. The lowest BCUT2D eigenvalue weighted by atomic mass is 10.0. The van der Waals surface area contributed by atoms with Crippen LogP contribution in [0.3, 0.4) is 0 Å². The van der Waals surface area contributed by atoms with E-state index in [1.54, 1.807) is 6.20 Å². The Balaban J connectivity index is 1.31. The zero-order chi connectivity index (χ0) is 18.1. The molecule has 0 aliphatic carbocycles. The van der Waals surface area contributed by atoms with E-state index in [2.05, 4.69) is 9.88 Å². The van der Waals surface area contributed by atoms with Crippen LogP contribution in [0.25, 0.3) is 0 Å². The fraction of sp³-hybridized carbons (Fsp3) is 0.400. The van der Waals surface area contributed by atoms with Crippen molar-refractivity contribution >= 4 is 23.3 Å². The maximum Gasteiger partial charge on any atom is 0.260 e. The molecule has 0 saturated carbocycles. The highest BCUT2D eigenvalue weighted by molar-refractivity contribution is 6.30. The van der Waals surface area contributed by atoms with Crippen molar-refractivity contribution in [2.45, 2.75) is 6.92 Å². The molecule has 1 aromatic heterocycles. The monoisotopic (exact) mass is 371 g/mol. The van der Waals surface area contributed by atoms with Crippen LogP contribution in [-0.4, -0.2) is 48.6 Å². The van der Waals surface area contributed by atoms with E-state index >= 15 is 0 Å². The van der Waals surface area contributed by atoms with Crippen LogP contribution in [0.15, 0.2) is 42.6 Å². The smallest absolute Gasteiger partial charge is 0.260 e. The van der Waals surface area contributed by atoms with Gasteiger partial charge in [-0.05, 0) is 30.7 Å². The van der Waals surface area contributed by atoms with Crippen LogP contribution < -0.4 is 9.64 Å². The van der Waals surface area contributed by atoms with Gasteiger partial charge < -0.3 is 14.5 Å². The summed E-state index contributed by atoms with van der Waals surface area (Å²) in [6.07, 6.45) is 1.68. The fourth-order valence-corrected chi connectivity index (χ4v) is 4.00. The normalized spacial score (nSPS) is 21.8. The van der Waals surface area contributed by atoms with Gasteiger partial charge in [-0.1, -0.05) is 29.8 Å². The summed E-state index contributed by atoms with van der Waals surface area (Å²) in [5.41, 5.74) is 1.05. The number of rotatable bonds is 4. The second kappa shape index (κ2) is 7.16. The van der Waals surface area contributed by atoms with E-state index in [0.717, 1.165) is 43.3 Å². The summed E-state index contributed by atoms with van der Waals surface area (Å²) in [5, 5.41) is 0.651. The summed E-state index contributed by atoms with van der Waals surface area (Å²) in [6.45, 7) is 5.55. The summed E-state index contributed by atoms with van der Waals surface area (Å²) < 4.78 is 5.71. The molecule has 6 heteroatoms. The average molecular weight is 372 g/mol. The number of hydrogen-bond donors (Lipinski definition) is 0. The van der Waals surface area contributed by atoms with Crippen LogP contribution in [0.1, 0.15) is 5.56 Å². The number of likely N-dealkylation sites (tertiary alicyclic amines) is 1. The van der Waals surface area contributed by atoms with Gasteiger partial charge in [0.1, 0.15) is 11.6 Å². The molecule has 2 atom stereocenters. The Kier molecular flexibility index (Phi) is 4.72. The Bertz CT molecular complexity index is 782. The molecule has 0 N–H and O–H groups in total. The van der Waals surface area contributed by atoms with Gasteiger partial charge in [0, 0.05) is 44.2 Å². The van der Waals surface area contributed by atoms with Gasteiger partial charge in [-0.25, -0.2) is 4.98 Å². The summed E-state index contributed by atoms with van der Waals surface area (Å²) >= 11 is 5.91. The third-order valence-corrected chi connectivity index (χ3v) is 5.54. The number of carbonyl (C=O) groups excluding carboxylic acids is 1. The SMILES string of the molecule is Cc1ccccc1OCC(=O)N1CC2CN(c3ccc(Cl)cn3)CC2C1. The number of halogens is 1. The molecule has 2 unspecified atom stereocenters. The standard InChI is InChI=1S/C20H22ClN3O2/c1-14-4-2-3-5-18(14)26-13-20(25)24-11-15-9-23(10-16(15)12-24)19-7-6-17(21)8-22-19/h2-8,15-16H,9-13H2,1H3. The van der Waals surface area contributed by atoms with E-state index in [-0.39, 0.29) is 12.5 Å². The first-order valence-corrected chi connectivity index (χ1v) is 9.30. The number of carbonyl (C=O) groups is 1. The molecule has 1 aromatic carbocycles. The number of anilines is 1. The summed E-state index contributed by atoms with van der Waals surface area (Å²) in [4.78, 5) is 21.2. The number of pyridine rings is 1. The molecule has 2 fully saturated rings. The van der Waals surface area contributed by atoms with Gasteiger partial charge in [-0.15, -0.1) is 0 Å². The van der Waals surface area contributed by atoms with Crippen LogP contribution in [0.5, 0.6) is 5.75 Å². The van der Waals surface area contributed by atoms with Crippen molar-refractivity contribution < 1.29 is 9.53 Å². The van der Waals surface area contributed by atoms with Crippen LogP contribution in [0.2, 0.25) is 5.02 Å². The van der Waals surface area contributed by atoms with E-state index in [0.29, 0.717) is 16.9 Å². The van der Waals surface area contributed by atoms with E-state index in [9.17, 15) is 4.79 Å². The Morgan fingerprint density at radius 3 is 2.54 bits per heavy atom. The first-order valence-electron chi connectivity index (χ1n) is 8.93. The van der Waals surface area contributed by atoms with Gasteiger partial charge in [0.05, 0.1) is 5.02 Å². The second-order valence-corrected chi connectivity index (χ2v) is 7.55. The lowest BCUT2D eigenvalue weighted by molar-refractivity contribution is -0.132. The molecule has 0 spiro atoms. The summed E-state index contributed by atoms with van der Waals surface area (Å²) in [5.74, 6) is 2.80. The molecule has 2 aliphatic heterocycles. The highest BCUT2D eigenvalue weighted by Gasteiger charge is 2.41. The fourth-order valence-electron chi connectivity index (χ4n) is 3.89. The average Bonchev–Trinajstić information content (AvgIpc) is 3.20. The number of para-hydroxylation sites is 1. The van der Waals surface area contributed by atoms with E-state index in [1.807, 2.05) is 48.2 Å². The lowest BCUT2D eigenvalue weighted by Crippen LogP contribution is -2.36. The second-order valence-electron chi connectivity index (χ2n) is 7.11. The maximum atomic E-state index is 12.5. The molecule has 2 saturated heterocycles. The summed E-state index contributed by atoms with van der Waals surface area (Å²) in [6, 6.07) is 11.6. The molecule has 4 rings (SSSR count). The van der Waals surface area contributed by atoms with Crippen molar-refractivity contribution in [2.75, 3.05) is 37.7 Å². The Morgan fingerprint density at radius 2 is 1.88 bits per heavy atom. The predicted molar refractivity (Wildman–Crippen MR) is 102 cm³/mol. The van der Waals surface area contributed by atoms with Crippen molar-refractivity contribution in [3.05, 3.63) is 53.2 Å². The summed E-state index contributed by atoms with van der Waals surface area (Å²) in [7, 11) is 0. The Morgan fingerprint density at radius 1 is 1.15 bits per heavy atom. The van der Waals surface area contributed by atoms with Gasteiger partial charge >= 0.3 is 0 Å². The van der Waals surface area contributed by atoms with E-state index < -0.39 is 0 Å².